The number of nitrogens with zero attached hydrogens (tertiary/aromatic N) is 2. The van der Waals surface area contributed by atoms with Crippen LogP contribution in [0.3, 0.4) is 0 Å². The molecule has 1 amide bonds. The highest BCUT2D eigenvalue weighted by molar-refractivity contribution is 7.98. The van der Waals surface area contributed by atoms with Gasteiger partial charge in [-0.1, -0.05) is 17.2 Å². The quantitative estimate of drug-likeness (QED) is 0.705. The van der Waals surface area contributed by atoms with E-state index in [1.165, 1.54) is 11.8 Å². The molecule has 0 bridgehead atoms. The molecule has 8 heteroatoms. The average Bonchev–Trinajstić information content (AvgIpc) is 3.16. The first-order chi connectivity index (χ1) is 12.7. The van der Waals surface area contributed by atoms with Crippen molar-refractivity contribution in [2.24, 2.45) is 0 Å². The van der Waals surface area contributed by atoms with Gasteiger partial charge in [0.1, 0.15) is 13.2 Å². The SMILES string of the molecule is CSc1ccccc1C(=O)Nc1nnc(-c2ccc3c(c2)OCCO3)o1. The molecule has 0 atom stereocenters. The molecule has 1 N–H and O–H groups in total. The second-order valence-electron chi connectivity index (χ2n) is 5.43. The van der Waals surface area contributed by atoms with Gasteiger partial charge in [-0.25, -0.2) is 0 Å². The molecule has 1 aliphatic rings. The number of hydrogen-bond donors (Lipinski definition) is 1. The van der Waals surface area contributed by atoms with E-state index >= 15 is 0 Å². The van der Waals surface area contributed by atoms with E-state index < -0.39 is 0 Å². The Morgan fingerprint density at radius 1 is 1.08 bits per heavy atom. The molecular formula is C18H15N3O4S. The van der Waals surface area contributed by atoms with Gasteiger partial charge >= 0.3 is 6.01 Å². The van der Waals surface area contributed by atoms with Crippen LogP contribution >= 0.6 is 11.8 Å². The maximum atomic E-state index is 12.4. The predicted octanol–water partition coefficient (Wildman–Crippen LogP) is 3.48. The van der Waals surface area contributed by atoms with E-state index in [4.69, 9.17) is 13.9 Å². The minimum atomic E-state index is -0.299. The highest BCUT2D eigenvalue weighted by Crippen LogP contribution is 2.34. The lowest BCUT2D eigenvalue weighted by Crippen LogP contribution is -2.15. The summed E-state index contributed by atoms with van der Waals surface area (Å²) in [5, 5.41) is 10.5. The molecule has 0 fully saturated rings. The molecule has 2 heterocycles. The summed E-state index contributed by atoms with van der Waals surface area (Å²) < 4.78 is 16.6. The standard InChI is InChI=1S/C18H15N3O4S/c1-26-15-5-3-2-4-12(15)16(22)19-18-21-20-17(25-18)11-6-7-13-14(10-11)24-9-8-23-13/h2-7,10H,8-9H2,1H3,(H,19,21,22). The van der Waals surface area contributed by atoms with E-state index in [0.29, 0.717) is 35.8 Å². The van der Waals surface area contributed by atoms with Crippen molar-refractivity contribution < 1.29 is 18.7 Å². The summed E-state index contributed by atoms with van der Waals surface area (Å²) in [7, 11) is 0. The third-order valence-corrected chi connectivity index (χ3v) is 4.58. The average molecular weight is 369 g/mol. The van der Waals surface area contributed by atoms with Crippen LogP contribution in [-0.4, -0.2) is 35.6 Å². The predicted molar refractivity (Wildman–Crippen MR) is 96.9 cm³/mol. The van der Waals surface area contributed by atoms with E-state index in [9.17, 15) is 4.79 Å². The van der Waals surface area contributed by atoms with Gasteiger partial charge in [0.2, 0.25) is 5.89 Å². The van der Waals surface area contributed by atoms with E-state index in [1.54, 1.807) is 24.3 Å². The number of anilines is 1. The third-order valence-electron chi connectivity index (χ3n) is 3.79. The Bertz CT molecular complexity index is 957. The van der Waals surface area contributed by atoms with Crippen molar-refractivity contribution >= 4 is 23.7 Å². The molecule has 0 saturated carbocycles. The van der Waals surface area contributed by atoms with Crippen LogP contribution in [0, 0.1) is 0 Å². The van der Waals surface area contributed by atoms with E-state index in [-0.39, 0.29) is 17.8 Å². The van der Waals surface area contributed by atoms with E-state index in [2.05, 4.69) is 15.5 Å². The van der Waals surface area contributed by atoms with Crippen molar-refractivity contribution in [1.82, 2.24) is 10.2 Å². The van der Waals surface area contributed by atoms with Crippen LogP contribution in [0.4, 0.5) is 6.01 Å². The lowest BCUT2D eigenvalue weighted by molar-refractivity contribution is 0.102. The van der Waals surface area contributed by atoms with Crippen LogP contribution in [-0.2, 0) is 0 Å². The van der Waals surface area contributed by atoms with Crippen LogP contribution in [0.25, 0.3) is 11.5 Å². The maximum absolute atomic E-state index is 12.4. The van der Waals surface area contributed by atoms with Crippen molar-refractivity contribution in [3.63, 3.8) is 0 Å². The van der Waals surface area contributed by atoms with Crippen LogP contribution in [0.1, 0.15) is 10.4 Å². The van der Waals surface area contributed by atoms with Crippen molar-refractivity contribution in [3.05, 3.63) is 48.0 Å². The molecule has 0 unspecified atom stereocenters. The summed E-state index contributed by atoms with van der Waals surface area (Å²) in [6.07, 6.45) is 1.92. The van der Waals surface area contributed by atoms with Crippen molar-refractivity contribution in [2.75, 3.05) is 24.8 Å². The summed E-state index contributed by atoms with van der Waals surface area (Å²) in [6, 6.07) is 12.7. The summed E-state index contributed by atoms with van der Waals surface area (Å²) >= 11 is 1.50. The number of carbonyl (C=O) groups excluding carboxylic acids is 1. The van der Waals surface area contributed by atoms with Gasteiger partial charge < -0.3 is 13.9 Å². The molecule has 0 radical (unpaired) electrons. The Morgan fingerprint density at radius 3 is 2.73 bits per heavy atom. The van der Waals surface area contributed by atoms with Crippen molar-refractivity contribution in [1.29, 1.82) is 0 Å². The number of benzene rings is 2. The van der Waals surface area contributed by atoms with Gasteiger partial charge in [-0.05, 0) is 36.6 Å². The first-order valence-corrected chi connectivity index (χ1v) is 9.15. The number of nitrogens with one attached hydrogen (secondary N) is 1. The first-order valence-electron chi connectivity index (χ1n) is 7.92. The Balaban J connectivity index is 1.54. The van der Waals surface area contributed by atoms with Crippen LogP contribution in [0.15, 0.2) is 51.8 Å². The van der Waals surface area contributed by atoms with Crippen LogP contribution in [0.5, 0.6) is 11.5 Å². The molecule has 132 valence electrons. The minimum Gasteiger partial charge on any atom is -0.486 e. The number of fused-ring (bicyclic) bond motifs is 1. The molecule has 0 saturated heterocycles. The molecule has 1 aliphatic heterocycles. The molecule has 2 aromatic carbocycles. The van der Waals surface area contributed by atoms with E-state index in [0.717, 1.165) is 4.90 Å². The number of hydrogen-bond acceptors (Lipinski definition) is 7. The summed E-state index contributed by atoms with van der Waals surface area (Å²) in [5.74, 6) is 1.30. The van der Waals surface area contributed by atoms with Gasteiger partial charge in [-0.2, -0.15) is 0 Å². The van der Waals surface area contributed by atoms with Gasteiger partial charge in [-0.3, -0.25) is 10.1 Å². The zero-order chi connectivity index (χ0) is 17.9. The Kier molecular flexibility index (Phi) is 4.49. The highest BCUT2D eigenvalue weighted by Gasteiger charge is 2.17. The number of amides is 1. The number of ether oxygens (including phenoxy) is 2. The first kappa shape index (κ1) is 16.5. The zero-order valence-corrected chi connectivity index (χ0v) is 14.7. The number of aromatic nitrogens is 2. The Hall–Kier alpha value is -3.00. The van der Waals surface area contributed by atoms with Gasteiger partial charge in [0.05, 0.1) is 5.56 Å². The fourth-order valence-corrected chi connectivity index (χ4v) is 3.16. The van der Waals surface area contributed by atoms with Gasteiger partial charge in [0.25, 0.3) is 5.91 Å². The molecule has 7 nitrogen and oxygen atoms in total. The monoisotopic (exact) mass is 369 g/mol. The Morgan fingerprint density at radius 2 is 1.88 bits per heavy atom. The molecule has 3 aromatic rings. The molecule has 4 rings (SSSR count). The Labute approximate surface area is 153 Å². The number of thioether (sulfide) groups is 1. The highest BCUT2D eigenvalue weighted by atomic mass is 32.2. The third kappa shape index (κ3) is 3.23. The molecule has 26 heavy (non-hydrogen) atoms. The second kappa shape index (κ2) is 7.09. The van der Waals surface area contributed by atoms with Crippen molar-refractivity contribution in [2.45, 2.75) is 4.90 Å². The minimum absolute atomic E-state index is 0.0378. The van der Waals surface area contributed by atoms with Gasteiger partial charge in [-0.15, -0.1) is 16.9 Å². The number of rotatable bonds is 4. The smallest absolute Gasteiger partial charge is 0.322 e. The molecule has 0 spiro atoms. The van der Waals surface area contributed by atoms with Crippen LogP contribution in [0.2, 0.25) is 0 Å². The topological polar surface area (TPSA) is 86.5 Å². The fourth-order valence-electron chi connectivity index (χ4n) is 2.56. The van der Waals surface area contributed by atoms with Gasteiger partial charge in [0.15, 0.2) is 11.5 Å². The zero-order valence-electron chi connectivity index (χ0n) is 13.9. The summed E-state index contributed by atoms with van der Waals surface area (Å²) in [4.78, 5) is 13.3. The van der Waals surface area contributed by atoms with Crippen molar-refractivity contribution in [3.8, 4) is 23.0 Å². The second-order valence-corrected chi connectivity index (χ2v) is 6.27. The summed E-state index contributed by atoms with van der Waals surface area (Å²) in [6.45, 7) is 1.02. The van der Waals surface area contributed by atoms with Crippen LogP contribution < -0.4 is 14.8 Å². The van der Waals surface area contributed by atoms with Gasteiger partial charge in [0, 0.05) is 10.5 Å². The number of carbonyl (C=O) groups is 1. The summed E-state index contributed by atoms with van der Waals surface area (Å²) in [5.41, 5.74) is 1.24. The maximum Gasteiger partial charge on any atom is 0.322 e. The fraction of sp³-hybridized carbons (Fsp3) is 0.167. The molecule has 0 aliphatic carbocycles. The van der Waals surface area contributed by atoms with E-state index in [1.807, 2.05) is 24.5 Å². The molecular weight excluding hydrogens is 354 g/mol. The normalized spacial score (nSPS) is 12.7. The molecule has 1 aromatic heterocycles. The largest absolute Gasteiger partial charge is 0.486 e. The lowest BCUT2D eigenvalue weighted by atomic mass is 10.2. The lowest BCUT2D eigenvalue weighted by Gasteiger charge is -2.18.